The van der Waals surface area contributed by atoms with Crippen molar-refractivity contribution < 1.29 is 14.7 Å². The van der Waals surface area contributed by atoms with E-state index in [9.17, 15) is 14.7 Å². The minimum Gasteiger partial charge on any atom is -0.507 e. The van der Waals surface area contributed by atoms with Crippen LogP contribution in [0.5, 0.6) is 0 Å². The van der Waals surface area contributed by atoms with Gasteiger partial charge in [-0.1, -0.05) is 32.0 Å². The number of amides is 1. The summed E-state index contributed by atoms with van der Waals surface area (Å²) in [5.41, 5.74) is 2.73. The highest BCUT2D eigenvalue weighted by atomic mass is 16.3. The molecule has 8 heteroatoms. The number of carbonyl (C=O) groups is 2. The Hall–Kier alpha value is -3.78. The minimum atomic E-state index is -0.696. The number of aromatic nitrogens is 3. The van der Waals surface area contributed by atoms with Crippen LogP contribution in [0.4, 0.5) is 0 Å². The normalized spacial score (nSPS) is 17.6. The molecule has 0 aliphatic carbocycles. The Morgan fingerprint density at radius 2 is 1.74 bits per heavy atom. The second-order valence-electron chi connectivity index (χ2n) is 8.19. The van der Waals surface area contributed by atoms with E-state index < -0.39 is 17.7 Å². The third-order valence-corrected chi connectivity index (χ3v) is 6.38. The lowest BCUT2D eigenvalue weighted by Crippen LogP contribution is -2.38. The van der Waals surface area contributed by atoms with Crippen LogP contribution in [0.25, 0.3) is 11.4 Å². The molecule has 0 saturated carbocycles. The molecule has 1 atom stereocenters. The number of likely N-dealkylation sites (N-methyl/N-ethyl adjacent to an activating group) is 1. The van der Waals surface area contributed by atoms with E-state index in [0.717, 1.165) is 24.3 Å². The molecule has 1 aromatic carbocycles. The number of hydrogen-bond acceptors (Lipinski definition) is 6. The second kappa shape index (κ2) is 10.0. The molecule has 0 spiro atoms. The molecule has 3 aromatic rings. The van der Waals surface area contributed by atoms with Gasteiger partial charge in [-0.15, -0.1) is 0 Å². The van der Waals surface area contributed by atoms with Crippen LogP contribution in [0.15, 0.2) is 66.6 Å². The van der Waals surface area contributed by atoms with Crippen molar-refractivity contribution >= 4 is 17.4 Å². The zero-order valence-corrected chi connectivity index (χ0v) is 19.7. The summed E-state index contributed by atoms with van der Waals surface area (Å²) in [6, 6.07) is 12.4. The SMILES string of the molecule is CCN(CC)CCN1C(=O)C(=O)C(=C(O)c2cnn(-c3ccccc3)c2C)C1c1ccncc1. The van der Waals surface area contributed by atoms with Gasteiger partial charge in [0, 0.05) is 25.5 Å². The highest BCUT2D eigenvalue weighted by molar-refractivity contribution is 6.46. The average Bonchev–Trinajstić information content (AvgIpc) is 3.38. The molecule has 8 nitrogen and oxygen atoms in total. The van der Waals surface area contributed by atoms with Gasteiger partial charge in [0.15, 0.2) is 0 Å². The number of nitrogens with zero attached hydrogens (tertiary/aromatic N) is 5. The Morgan fingerprint density at radius 1 is 1.06 bits per heavy atom. The van der Waals surface area contributed by atoms with Gasteiger partial charge in [-0.25, -0.2) is 4.68 Å². The van der Waals surface area contributed by atoms with Crippen LogP contribution >= 0.6 is 0 Å². The van der Waals surface area contributed by atoms with Gasteiger partial charge in [0.2, 0.25) is 0 Å². The topological polar surface area (TPSA) is 91.6 Å². The van der Waals surface area contributed by atoms with Crippen LogP contribution in [-0.4, -0.2) is 67.5 Å². The Morgan fingerprint density at radius 3 is 2.38 bits per heavy atom. The fraction of sp³-hybridized carbons (Fsp3) is 0.308. The highest BCUT2D eigenvalue weighted by Crippen LogP contribution is 2.39. The molecule has 1 fully saturated rings. The summed E-state index contributed by atoms with van der Waals surface area (Å²) in [5.74, 6) is -1.51. The quantitative estimate of drug-likeness (QED) is 0.316. The maximum atomic E-state index is 13.2. The minimum absolute atomic E-state index is 0.0754. The van der Waals surface area contributed by atoms with E-state index in [-0.39, 0.29) is 11.3 Å². The highest BCUT2D eigenvalue weighted by Gasteiger charge is 2.46. The molecule has 34 heavy (non-hydrogen) atoms. The molecule has 2 aromatic heterocycles. The standard InChI is InChI=1S/C26H29N5O3/c1-4-29(5-2)15-16-30-23(19-11-13-27-14-12-19)22(25(33)26(30)34)24(32)21-17-28-31(18(21)3)20-9-7-6-8-10-20/h6-14,17,23,32H,4-5,15-16H2,1-3H3. The van der Waals surface area contributed by atoms with E-state index >= 15 is 0 Å². The molecule has 1 aliphatic rings. The molecule has 1 N–H and O–H groups in total. The van der Waals surface area contributed by atoms with E-state index in [1.807, 2.05) is 37.3 Å². The maximum Gasteiger partial charge on any atom is 0.295 e. The van der Waals surface area contributed by atoms with Gasteiger partial charge < -0.3 is 14.9 Å². The Labute approximate surface area is 199 Å². The predicted molar refractivity (Wildman–Crippen MR) is 129 cm³/mol. The first-order chi connectivity index (χ1) is 16.5. The monoisotopic (exact) mass is 459 g/mol. The third kappa shape index (κ3) is 4.24. The van der Waals surface area contributed by atoms with E-state index in [1.54, 1.807) is 34.1 Å². The van der Waals surface area contributed by atoms with Crippen molar-refractivity contribution in [1.29, 1.82) is 0 Å². The first-order valence-electron chi connectivity index (χ1n) is 11.5. The number of para-hydroxylation sites is 1. The van der Waals surface area contributed by atoms with E-state index in [0.29, 0.717) is 24.3 Å². The lowest BCUT2D eigenvalue weighted by molar-refractivity contribution is -0.140. The summed E-state index contributed by atoms with van der Waals surface area (Å²) in [6.07, 6.45) is 4.78. The predicted octanol–water partition coefficient (Wildman–Crippen LogP) is 3.34. The summed E-state index contributed by atoms with van der Waals surface area (Å²) in [7, 11) is 0. The van der Waals surface area contributed by atoms with E-state index in [1.165, 1.54) is 6.20 Å². The zero-order chi connectivity index (χ0) is 24.2. The number of hydrogen-bond donors (Lipinski definition) is 1. The number of likely N-dealkylation sites (tertiary alicyclic amines) is 1. The molecule has 1 amide bonds. The average molecular weight is 460 g/mol. The summed E-state index contributed by atoms with van der Waals surface area (Å²) >= 11 is 0. The Bertz CT molecular complexity index is 1200. The molecule has 176 valence electrons. The first-order valence-corrected chi connectivity index (χ1v) is 11.5. The number of aliphatic hydroxyl groups is 1. The third-order valence-electron chi connectivity index (χ3n) is 6.38. The van der Waals surface area contributed by atoms with Crippen molar-refractivity contribution in [2.24, 2.45) is 0 Å². The van der Waals surface area contributed by atoms with Crippen LogP contribution < -0.4 is 0 Å². The molecule has 1 unspecified atom stereocenters. The van der Waals surface area contributed by atoms with Gasteiger partial charge in [0.25, 0.3) is 11.7 Å². The summed E-state index contributed by atoms with van der Waals surface area (Å²) in [4.78, 5) is 34.1. The Balaban J connectivity index is 1.79. The second-order valence-corrected chi connectivity index (χ2v) is 8.19. The summed E-state index contributed by atoms with van der Waals surface area (Å²) < 4.78 is 1.70. The van der Waals surface area contributed by atoms with Crippen molar-refractivity contribution in [2.75, 3.05) is 26.2 Å². The van der Waals surface area contributed by atoms with Crippen molar-refractivity contribution in [3.8, 4) is 5.69 Å². The molecule has 4 rings (SSSR count). The number of benzene rings is 1. The van der Waals surface area contributed by atoms with Gasteiger partial charge in [-0.05, 0) is 49.8 Å². The van der Waals surface area contributed by atoms with Crippen molar-refractivity contribution in [3.63, 3.8) is 0 Å². The van der Waals surface area contributed by atoms with Gasteiger partial charge >= 0.3 is 0 Å². The van der Waals surface area contributed by atoms with Crippen LogP contribution in [0, 0.1) is 6.92 Å². The summed E-state index contributed by atoms with van der Waals surface area (Å²) in [5, 5.41) is 15.8. The lowest BCUT2D eigenvalue weighted by Gasteiger charge is -2.28. The fourth-order valence-electron chi connectivity index (χ4n) is 4.41. The number of pyridine rings is 1. The summed E-state index contributed by atoms with van der Waals surface area (Å²) in [6.45, 7) is 8.64. The van der Waals surface area contributed by atoms with E-state index in [2.05, 4.69) is 28.8 Å². The first kappa shape index (κ1) is 23.4. The number of aliphatic hydroxyl groups excluding tert-OH is 1. The molecular formula is C26H29N5O3. The molecule has 0 bridgehead atoms. The number of Topliss-reactive ketones (excluding diaryl/α,β-unsaturated/α-hetero) is 1. The molecule has 1 aliphatic heterocycles. The molecule has 1 saturated heterocycles. The number of rotatable bonds is 8. The largest absolute Gasteiger partial charge is 0.507 e. The number of carbonyl (C=O) groups excluding carboxylic acids is 2. The van der Waals surface area contributed by atoms with Crippen molar-refractivity contribution in [1.82, 2.24) is 24.6 Å². The van der Waals surface area contributed by atoms with Gasteiger partial charge in [0.05, 0.1) is 34.8 Å². The molecule has 3 heterocycles. The van der Waals surface area contributed by atoms with Crippen LogP contribution in [0.2, 0.25) is 0 Å². The Kier molecular flexibility index (Phi) is 6.88. The fourth-order valence-corrected chi connectivity index (χ4v) is 4.41. The van der Waals surface area contributed by atoms with Crippen molar-refractivity contribution in [2.45, 2.75) is 26.8 Å². The lowest BCUT2D eigenvalue weighted by atomic mass is 9.96. The molecular weight excluding hydrogens is 430 g/mol. The number of ketones is 1. The van der Waals surface area contributed by atoms with Crippen LogP contribution in [0.3, 0.4) is 0 Å². The van der Waals surface area contributed by atoms with Gasteiger partial charge in [-0.2, -0.15) is 5.10 Å². The van der Waals surface area contributed by atoms with Gasteiger partial charge in [0.1, 0.15) is 5.76 Å². The van der Waals surface area contributed by atoms with Crippen LogP contribution in [-0.2, 0) is 9.59 Å². The van der Waals surface area contributed by atoms with Crippen LogP contribution in [0.1, 0.15) is 36.7 Å². The maximum absolute atomic E-state index is 13.2. The van der Waals surface area contributed by atoms with Gasteiger partial charge in [-0.3, -0.25) is 14.6 Å². The van der Waals surface area contributed by atoms with E-state index in [4.69, 9.17) is 0 Å². The zero-order valence-electron chi connectivity index (χ0n) is 19.7. The smallest absolute Gasteiger partial charge is 0.295 e. The molecule has 0 radical (unpaired) electrons. The van der Waals surface area contributed by atoms with Crippen molar-refractivity contribution in [3.05, 3.63) is 83.4 Å².